The highest BCUT2D eigenvalue weighted by atomic mass is 16.5. The van der Waals surface area contributed by atoms with Crippen LogP contribution in [-0.4, -0.2) is 37.7 Å². The molecule has 1 aromatic carbocycles. The third kappa shape index (κ3) is 3.36. The normalized spacial score (nSPS) is 22.3. The van der Waals surface area contributed by atoms with E-state index in [2.05, 4.69) is 35.3 Å². The molecule has 1 aliphatic carbocycles. The van der Waals surface area contributed by atoms with Crippen molar-refractivity contribution in [1.82, 2.24) is 5.32 Å². The molecule has 2 fully saturated rings. The first-order valence-electron chi connectivity index (χ1n) is 7.62. The summed E-state index contributed by atoms with van der Waals surface area (Å²) in [6.07, 6.45) is 2.59. The van der Waals surface area contributed by atoms with Crippen LogP contribution in [0.3, 0.4) is 0 Å². The predicted molar refractivity (Wildman–Crippen MR) is 82.2 cm³/mol. The van der Waals surface area contributed by atoms with E-state index in [1.54, 1.807) is 0 Å². The van der Waals surface area contributed by atoms with Crippen LogP contribution in [0.4, 0.5) is 5.69 Å². The fourth-order valence-electron chi connectivity index (χ4n) is 2.75. The van der Waals surface area contributed by atoms with Crippen LogP contribution in [0, 0.1) is 6.92 Å². The highest BCUT2D eigenvalue weighted by Gasteiger charge is 2.28. The third-order valence-corrected chi connectivity index (χ3v) is 4.27. The summed E-state index contributed by atoms with van der Waals surface area (Å²) >= 11 is 0. The summed E-state index contributed by atoms with van der Waals surface area (Å²) in [5.74, 6) is -0.327. The fourth-order valence-corrected chi connectivity index (χ4v) is 2.75. The molecule has 114 valence electrons. The number of hydrogen-bond donors (Lipinski definition) is 2. The Balaban J connectivity index is 1.74. The summed E-state index contributed by atoms with van der Waals surface area (Å²) in [5.41, 5.74) is 9.09. The number of nitrogens with one attached hydrogen (secondary N) is 1. The van der Waals surface area contributed by atoms with Crippen LogP contribution in [0.15, 0.2) is 18.2 Å². The van der Waals surface area contributed by atoms with Crippen molar-refractivity contribution in [2.24, 2.45) is 5.73 Å². The molecule has 1 amide bonds. The van der Waals surface area contributed by atoms with E-state index in [0.29, 0.717) is 25.8 Å². The van der Waals surface area contributed by atoms with Crippen molar-refractivity contribution >= 4 is 11.6 Å². The Morgan fingerprint density at radius 2 is 2.29 bits per heavy atom. The van der Waals surface area contributed by atoms with Crippen LogP contribution < -0.4 is 16.0 Å². The minimum atomic E-state index is -0.367. The molecule has 1 saturated carbocycles. The van der Waals surface area contributed by atoms with Gasteiger partial charge in [0.25, 0.3) is 0 Å². The van der Waals surface area contributed by atoms with Crippen molar-refractivity contribution in [1.29, 1.82) is 0 Å². The molecule has 0 radical (unpaired) electrons. The number of carbonyl (C=O) groups excluding carboxylic acids is 1. The second-order valence-electron chi connectivity index (χ2n) is 5.95. The maximum Gasteiger partial charge on any atom is 0.242 e. The number of nitrogens with zero attached hydrogens (tertiary/aromatic N) is 1. The Hall–Kier alpha value is -1.59. The molecule has 5 heteroatoms. The molecule has 21 heavy (non-hydrogen) atoms. The van der Waals surface area contributed by atoms with Crippen molar-refractivity contribution < 1.29 is 9.53 Å². The third-order valence-electron chi connectivity index (χ3n) is 4.27. The molecule has 0 aromatic heterocycles. The maximum absolute atomic E-state index is 11.6. The second kappa shape index (κ2) is 6.03. The number of morpholine rings is 1. The molecule has 0 spiro atoms. The number of hydrogen-bond acceptors (Lipinski definition) is 4. The molecule has 1 heterocycles. The number of primary amides is 1. The average Bonchev–Trinajstić information content (AvgIpc) is 3.30. The van der Waals surface area contributed by atoms with E-state index in [1.165, 1.54) is 24.0 Å². The number of carbonyl (C=O) groups is 1. The summed E-state index contributed by atoms with van der Waals surface area (Å²) in [6.45, 7) is 4.74. The Kier molecular flexibility index (Phi) is 4.12. The Bertz CT molecular complexity index is 528. The SMILES string of the molecule is Cc1cc(N2CCOCC2C(N)=O)ccc1CNC1CC1. The van der Waals surface area contributed by atoms with Gasteiger partial charge in [0.15, 0.2) is 0 Å². The summed E-state index contributed by atoms with van der Waals surface area (Å²) in [4.78, 5) is 13.6. The van der Waals surface area contributed by atoms with Gasteiger partial charge in [0.05, 0.1) is 13.2 Å². The number of nitrogens with two attached hydrogens (primary N) is 1. The van der Waals surface area contributed by atoms with Crippen LogP contribution in [0.2, 0.25) is 0 Å². The maximum atomic E-state index is 11.6. The Morgan fingerprint density at radius 3 is 2.95 bits per heavy atom. The van der Waals surface area contributed by atoms with E-state index in [0.717, 1.165) is 12.2 Å². The lowest BCUT2D eigenvalue weighted by atomic mass is 10.1. The molecule has 0 bridgehead atoms. The number of aryl methyl sites for hydroxylation is 1. The average molecular weight is 289 g/mol. The largest absolute Gasteiger partial charge is 0.377 e. The van der Waals surface area contributed by atoms with Gasteiger partial charge in [0.1, 0.15) is 6.04 Å². The van der Waals surface area contributed by atoms with Crippen molar-refractivity contribution in [3.8, 4) is 0 Å². The van der Waals surface area contributed by atoms with Crippen molar-refractivity contribution in [2.45, 2.75) is 38.4 Å². The van der Waals surface area contributed by atoms with Gasteiger partial charge in [-0.15, -0.1) is 0 Å². The first-order valence-corrected chi connectivity index (χ1v) is 7.62. The Labute approximate surface area is 125 Å². The van der Waals surface area contributed by atoms with Crippen LogP contribution in [0.5, 0.6) is 0 Å². The van der Waals surface area contributed by atoms with Crippen molar-refractivity contribution in [3.63, 3.8) is 0 Å². The standard InChI is InChI=1S/C16H23N3O2/c1-11-8-14(5-2-12(11)9-18-13-3-4-13)19-6-7-21-10-15(19)16(17)20/h2,5,8,13,15,18H,3-4,6-7,9-10H2,1H3,(H2,17,20). The number of ether oxygens (including phenoxy) is 1. The predicted octanol–water partition coefficient (Wildman–Crippen LogP) is 0.938. The summed E-state index contributed by atoms with van der Waals surface area (Å²) < 4.78 is 5.37. The van der Waals surface area contributed by atoms with Gasteiger partial charge in [-0.25, -0.2) is 0 Å². The monoisotopic (exact) mass is 289 g/mol. The van der Waals surface area contributed by atoms with E-state index < -0.39 is 0 Å². The van der Waals surface area contributed by atoms with E-state index in [9.17, 15) is 4.79 Å². The lowest BCUT2D eigenvalue weighted by Crippen LogP contribution is -2.52. The molecule has 1 unspecified atom stereocenters. The van der Waals surface area contributed by atoms with Crippen molar-refractivity contribution in [3.05, 3.63) is 29.3 Å². The zero-order chi connectivity index (χ0) is 14.8. The van der Waals surface area contributed by atoms with Gasteiger partial charge in [-0.1, -0.05) is 6.07 Å². The smallest absolute Gasteiger partial charge is 0.242 e. The highest BCUT2D eigenvalue weighted by Crippen LogP contribution is 2.24. The Morgan fingerprint density at radius 1 is 1.48 bits per heavy atom. The highest BCUT2D eigenvalue weighted by molar-refractivity contribution is 5.84. The zero-order valence-electron chi connectivity index (χ0n) is 12.5. The van der Waals surface area contributed by atoms with Gasteiger partial charge in [-0.05, 0) is 43.0 Å². The van der Waals surface area contributed by atoms with Crippen LogP contribution in [0.25, 0.3) is 0 Å². The zero-order valence-corrected chi connectivity index (χ0v) is 12.5. The molecule has 1 atom stereocenters. The molecule has 1 aliphatic heterocycles. The molecule has 1 aromatic rings. The molecular weight excluding hydrogens is 266 g/mol. The summed E-state index contributed by atoms with van der Waals surface area (Å²) in [7, 11) is 0. The van der Waals surface area contributed by atoms with Gasteiger partial charge >= 0.3 is 0 Å². The lowest BCUT2D eigenvalue weighted by molar-refractivity contribution is -0.121. The minimum absolute atomic E-state index is 0.327. The van der Waals surface area contributed by atoms with Gasteiger partial charge in [-0.2, -0.15) is 0 Å². The number of amides is 1. The van der Waals surface area contributed by atoms with Crippen LogP contribution >= 0.6 is 0 Å². The first kappa shape index (κ1) is 14.4. The molecule has 3 N–H and O–H groups in total. The minimum Gasteiger partial charge on any atom is -0.377 e. The van der Waals surface area contributed by atoms with Crippen molar-refractivity contribution in [2.75, 3.05) is 24.7 Å². The number of benzene rings is 1. The van der Waals surface area contributed by atoms with Crippen LogP contribution in [-0.2, 0) is 16.1 Å². The quantitative estimate of drug-likeness (QED) is 0.846. The van der Waals surface area contributed by atoms with E-state index in [-0.39, 0.29) is 11.9 Å². The summed E-state index contributed by atoms with van der Waals surface area (Å²) in [6, 6.07) is 6.72. The molecular formula is C16H23N3O2. The fraction of sp³-hybridized carbons (Fsp3) is 0.562. The second-order valence-corrected chi connectivity index (χ2v) is 5.95. The van der Waals surface area contributed by atoms with Gasteiger partial charge in [-0.3, -0.25) is 4.79 Å². The van der Waals surface area contributed by atoms with Crippen LogP contribution in [0.1, 0.15) is 24.0 Å². The molecule has 3 rings (SSSR count). The lowest BCUT2D eigenvalue weighted by Gasteiger charge is -2.35. The number of rotatable bonds is 5. The van der Waals surface area contributed by atoms with Gasteiger partial charge in [0.2, 0.25) is 5.91 Å². The van der Waals surface area contributed by atoms with E-state index in [1.807, 2.05) is 0 Å². The van der Waals surface area contributed by atoms with E-state index in [4.69, 9.17) is 10.5 Å². The topological polar surface area (TPSA) is 67.6 Å². The number of anilines is 1. The first-order chi connectivity index (χ1) is 10.1. The molecule has 1 saturated heterocycles. The van der Waals surface area contributed by atoms with Gasteiger partial charge < -0.3 is 20.7 Å². The molecule has 2 aliphatic rings. The van der Waals surface area contributed by atoms with Gasteiger partial charge in [0, 0.05) is 24.8 Å². The van der Waals surface area contributed by atoms with E-state index >= 15 is 0 Å². The molecule has 5 nitrogen and oxygen atoms in total. The summed E-state index contributed by atoms with van der Waals surface area (Å²) in [5, 5.41) is 3.53.